The van der Waals surface area contributed by atoms with Crippen LogP contribution >= 0.6 is 0 Å². The molecular weight excluding hydrogens is 208 g/mol. The first kappa shape index (κ1) is 15.0. The Balaban J connectivity index is 2.17. The van der Waals surface area contributed by atoms with Crippen molar-refractivity contribution in [1.29, 1.82) is 0 Å². The number of rotatable bonds is 11. The molecule has 17 heavy (non-hydrogen) atoms. The summed E-state index contributed by atoms with van der Waals surface area (Å²) in [4.78, 5) is 2.54. The predicted molar refractivity (Wildman–Crippen MR) is 76.4 cm³/mol. The molecule has 1 rings (SSSR count). The molecule has 0 heterocycles. The Hall–Kier alpha value is -0.0800. The van der Waals surface area contributed by atoms with Gasteiger partial charge in [-0.1, -0.05) is 33.6 Å². The number of nitrogens with zero attached hydrogens (tertiary/aromatic N) is 1. The van der Waals surface area contributed by atoms with Crippen LogP contribution in [-0.2, 0) is 0 Å². The number of nitrogens with one attached hydrogen (secondary N) is 1. The molecule has 1 aliphatic rings. The largest absolute Gasteiger partial charge is 0.314 e. The van der Waals surface area contributed by atoms with Crippen molar-refractivity contribution >= 4 is 0 Å². The SMILES string of the molecule is CCCNC(CCC1CC1)CCN(CC)CC. The maximum atomic E-state index is 3.73. The average molecular weight is 240 g/mol. The summed E-state index contributed by atoms with van der Waals surface area (Å²) in [6.07, 6.45) is 8.43. The molecule has 1 N–H and O–H groups in total. The van der Waals surface area contributed by atoms with Crippen LogP contribution in [0.2, 0.25) is 0 Å². The third-order valence-electron chi connectivity index (χ3n) is 3.99. The van der Waals surface area contributed by atoms with E-state index < -0.39 is 0 Å². The summed E-state index contributed by atoms with van der Waals surface area (Å²) in [6, 6.07) is 0.760. The van der Waals surface area contributed by atoms with Crippen molar-refractivity contribution in [3.8, 4) is 0 Å². The molecule has 0 bridgehead atoms. The van der Waals surface area contributed by atoms with E-state index >= 15 is 0 Å². The van der Waals surface area contributed by atoms with Crippen molar-refractivity contribution in [1.82, 2.24) is 10.2 Å². The second-order valence-corrected chi connectivity index (χ2v) is 5.49. The summed E-state index contributed by atoms with van der Waals surface area (Å²) >= 11 is 0. The van der Waals surface area contributed by atoms with Gasteiger partial charge in [0.2, 0.25) is 0 Å². The minimum atomic E-state index is 0.760. The minimum absolute atomic E-state index is 0.760. The molecule has 0 aromatic carbocycles. The van der Waals surface area contributed by atoms with Gasteiger partial charge in [0.05, 0.1) is 0 Å². The van der Waals surface area contributed by atoms with Gasteiger partial charge >= 0.3 is 0 Å². The average Bonchev–Trinajstić information content (AvgIpc) is 3.16. The van der Waals surface area contributed by atoms with E-state index in [9.17, 15) is 0 Å². The predicted octanol–water partition coefficient (Wildman–Crippen LogP) is 3.28. The standard InChI is InChI=1S/C15H32N2/c1-4-12-16-15(10-9-14-7-8-14)11-13-17(5-2)6-3/h14-16H,4-13H2,1-3H3. The van der Waals surface area contributed by atoms with Crippen LogP contribution < -0.4 is 5.32 Å². The fraction of sp³-hybridized carbons (Fsp3) is 1.00. The molecule has 1 atom stereocenters. The van der Waals surface area contributed by atoms with Crippen molar-refractivity contribution in [2.24, 2.45) is 5.92 Å². The Labute approximate surface area is 108 Å². The van der Waals surface area contributed by atoms with Crippen molar-refractivity contribution in [3.63, 3.8) is 0 Å². The first-order valence-electron chi connectivity index (χ1n) is 7.75. The summed E-state index contributed by atoms with van der Waals surface area (Å²) in [6.45, 7) is 11.6. The zero-order valence-corrected chi connectivity index (χ0v) is 12.2. The zero-order chi connectivity index (χ0) is 12.5. The van der Waals surface area contributed by atoms with Gasteiger partial charge in [-0.25, -0.2) is 0 Å². The Kier molecular flexibility index (Phi) is 7.87. The van der Waals surface area contributed by atoms with E-state index in [2.05, 4.69) is 31.0 Å². The van der Waals surface area contributed by atoms with Crippen molar-refractivity contribution in [3.05, 3.63) is 0 Å². The van der Waals surface area contributed by atoms with E-state index in [-0.39, 0.29) is 0 Å². The lowest BCUT2D eigenvalue weighted by Crippen LogP contribution is -2.35. The summed E-state index contributed by atoms with van der Waals surface area (Å²) in [5.74, 6) is 1.08. The first-order chi connectivity index (χ1) is 8.30. The Bertz CT molecular complexity index is 174. The van der Waals surface area contributed by atoms with E-state index in [1.165, 1.54) is 64.7 Å². The third kappa shape index (κ3) is 7.05. The quantitative estimate of drug-likeness (QED) is 0.596. The molecule has 2 nitrogen and oxygen atoms in total. The molecule has 2 heteroatoms. The van der Waals surface area contributed by atoms with Crippen LogP contribution in [-0.4, -0.2) is 37.1 Å². The molecule has 0 aromatic heterocycles. The monoisotopic (exact) mass is 240 g/mol. The molecule has 0 aliphatic heterocycles. The molecule has 0 radical (unpaired) electrons. The number of hydrogen-bond acceptors (Lipinski definition) is 2. The zero-order valence-electron chi connectivity index (χ0n) is 12.2. The van der Waals surface area contributed by atoms with Crippen LogP contribution in [0.15, 0.2) is 0 Å². The van der Waals surface area contributed by atoms with Gasteiger partial charge in [-0.2, -0.15) is 0 Å². The lowest BCUT2D eigenvalue weighted by Gasteiger charge is -2.23. The molecule has 0 spiro atoms. The highest BCUT2D eigenvalue weighted by Gasteiger charge is 2.22. The van der Waals surface area contributed by atoms with Gasteiger partial charge in [0.15, 0.2) is 0 Å². The van der Waals surface area contributed by atoms with Crippen LogP contribution in [0.5, 0.6) is 0 Å². The van der Waals surface area contributed by atoms with Gasteiger partial charge in [-0.3, -0.25) is 0 Å². The van der Waals surface area contributed by atoms with Gasteiger partial charge in [-0.15, -0.1) is 0 Å². The molecule has 0 amide bonds. The van der Waals surface area contributed by atoms with Crippen LogP contribution in [0, 0.1) is 5.92 Å². The van der Waals surface area contributed by atoms with E-state index in [0.717, 1.165) is 12.0 Å². The smallest absolute Gasteiger partial charge is 0.00793 e. The van der Waals surface area contributed by atoms with Gasteiger partial charge in [0, 0.05) is 6.04 Å². The Morgan fingerprint density at radius 2 is 1.82 bits per heavy atom. The molecule has 1 aliphatic carbocycles. The second kappa shape index (κ2) is 8.93. The van der Waals surface area contributed by atoms with Crippen LogP contribution in [0.1, 0.15) is 59.3 Å². The lowest BCUT2D eigenvalue weighted by atomic mass is 10.0. The van der Waals surface area contributed by atoms with E-state index in [4.69, 9.17) is 0 Å². The topological polar surface area (TPSA) is 15.3 Å². The fourth-order valence-corrected chi connectivity index (χ4v) is 2.42. The lowest BCUT2D eigenvalue weighted by molar-refractivity contribution is 0.275. The molecule has 1 unspecified atom stereocenters. The summed E-state index contributed by atoms with van der Waals surface area (Å²) < 4.78 is 0. The molecule has 1 fully saturated rings. The molecular formula is C15H32N2. The highest BCUT2D eigenvalue weighted by molar-refractivity contribution is 4.77. The normalized spacial score (nSPS) is 17.6. The highest BCUT2D eigenvalue weighted by Crippen LogP contribution is 2.34. The Morgan fingerprint density at radius 1 is 1.12 bits per heavy atom. The molecule has 1 saturated carbocycles. The Morgan fingerprint density at radius 3 is 2.35 bits per heavy atom. The van der Waals surface area contributed by atoms with Gasteiger partial charge in [0.1, 0.15) is 0 Å². The van der Waals surface area contributed by atoms with Crippen LogP contribution in [0.3, 0.4) is 0 Å². The van der Waals surface area contributed by atoms with E-state index in [1.54, 1.807) is 0 Å². The summed E-state index contributed by atoms with van der Waals surface area (Å²) in [5.41, 5.74) is 0. The summed E-state index contributed by atoms with van der Waals surface area (Å²) in [5, 5.41) is 3.73. The summed E-state index contributed by atoms with van der Waals surface area (Å²) in [7, 11) is 0. The first-order valence-corrected chi connectivity index (χ1v) is 7.75. The van der Waals surface area contributed by atoms with Crippen LogP contribution in [0.4, 0.5) is 0 Å². The number of hydrogen-bond donors (Lipinski definition) is 1. The molecule has 102 valence electrons. The second-order valence-electron chi connectivity index (χ2n) is 5.49. The maximum absolute atomic E-state index is 3.73. The maximum Gasteiger partial charge on any atom is 0.00793 e. The van der Waals surface area contributed by atoms with Crippen LogP contribution in [0.25, 0.3) is 0 Å². The van der Waals surface area contributed by atoms with Gasteiger partial charge in [0.25, 0.3) is 0 Å². The van der Waals surface area contributed by atoms with Gasteiger partial charge in [-0.05, 0) is 57.8 Å². The molecule has 0 aromatic rings. The van der Waals surface area contributed by atoms with E-state index in [1.807, 2.05) is 0 Å². The fourth-order valence-electron chi connectivity index (χ4n) is 2.42. The van der Waals surface area contributed by atoms with E-state index in [0.29, 0.717) is 0 Å². The van der Waals surface area contributed by atoms with Gasteiger partial charge < -0.3 is 10.2 Å². The highest BCUT2D eigenvalue weighted by atomic mass is 15.1. The van der Waals surface area contributed by atoms with Crippen molar-refractivity contribution in [2.45, 2.75) is 65.3 Å². The minimum Gasteiger partial charge on any atom is -0.314 e. The van der Waals surface area contributed by atoms with Crippen molar-refractivity contribution in [2.75, 3.05) is 26.2 Å². The molecule has 0 saturated heterocycles. The third-order valence-corrected chi connectivity index (χ3v) is 3.99. The van der Waals surface area contributed by atoms with Crippen molar-refractivity contribution < 1.29 is 0 Å².